The summed E-state index contributed by atoms with van der Waals surface area (Å²) >= 11 is 5.17. The Bertz CT molecular complexity index is 879. The number of carboxylic acids is 1. The molecule has 154 valence electrons. The molecule has 8 nitrogen and oxygen atoms in total. The van der Waals surface area contributed by atoms with Crippen molar-refractivity contribution in [2.45, 2.75) is 82.3 Å². The average molecular weight is 410 g/mol. The number of aliphatic carboxylic acids is 1. The second-order valence-corrected chi connectivity index (χ2v) is 8.23. The maximum atomic E-state index is 13.3. The van der Waals surface area contributed by atoms with E-state index >= 15 is 0 Å². The van der Waals surface area contributed by atoms with Gasteiger partial charge in [0, 0.05) is 12.1 Å². The molecule has 1 unspecified atom stereocenters. The van der Waals surface area contributed by atoms with Gasteiger partial charge in [0.15, 0.2) is 0 Å². The number of hydrogen-bond acceptors (Lipinski definition) is 6. The van der Waals surface area contributed by atoms with E-state index in [0.717, 1.165) is 38.5 Å². The molecule has 2 fully saturated rings. The number of carbonyl (C=O) groups is 1. The summed E-state index contributed by atoms with van der Waals surface area (Å²) in [5, 5.41) is 20.1. The third-order valence-electron chi connectivity index (χ3n) is 5.97. The second-order valence-electron chi connectivity index (χ2n) is 7.79. The highest BCUT2D eigenvalue weighted by atomic mass is 32.1. The number of aromatic hydroxyl groups is 1. The maximum Gasteiger partial charge on any atom is 0.334 e. The molecule has 9 heteroatoms. The van der Waals surface area contributed by atoms with Crippen molar-refractivity contribution in [2.75, 3.05) is 0 Å². The predicted octanol–water partition coefficient (Wildman–Crippen LogP) is 1.86. The number of nitrogens with zero attached hydrogens (tertiary/aromatic N) is 2. The van der Waals surface area contributed by atoms with Gasteiger partial charge in [-0.15, -0.1) is 0 Å². The Morgan fingerprint density at radius 3 is 1.89 bits per heavy atom. The van der Waals surface area contributed by atoms with Gasteiger partial charge in [-0.1, -0.05) is 50.7 Å². The van der Waals surface area contributed by atoms with Gasteiger partial charge in [-0.3, -0.25) is 18.7 Å². The van der Waals surface area contributed by atoms with Gasteiger partial charge in [0.1, 0.15) is 11.6 Å². The zero-order chi connectivity index (χ0) is 20.4. The molecular formula is C19H27N3O5S. The van der Waals surface area contributed by atoms with Crippen molar-refractivity contribution in [1.29, 1.82) is 0 Å². The van der Waals surface area contributed by atoms with E-state index in [4.69, 9.17) is 18.0 Å². The highest BCUT2D eigenvalue weighted by Gasteiger charge is 2.32. The second kappa shape index (κ2) is 8.57. The molecule has 4 N–H and O–H groups in total. The number of carboxylic acid groups (broad SMARTS) is 1. The van der Waals surface area contributed by atoms with Gasteiger partial charge in [0.05, 0.1) is 4.86 Å². The van der Waals surface area contributed by atoms with Gasteiger partial charge >= 0.3 is 11.7 Å². The highest BCUT2D eigenvalue weighted by Crippen LogP contribution is 2.32. The van der Waals surface area contributed by atoms with Crippen molar-refractivity contribution in [3.05, 3.63) is 26.4 Å². The fourth-order valence-electron chi connectivity index (χ4n) is 4.44. The molecule has 0 amide bonds. The molecule has 2 saturated carbocycles. The maximum absolute atomic E-state index is 13.3. The SMILES string of the molecule is NC(C(=O)O)C(=S)c1c(O)n(C2CCCCC2)c(=O)n(C2CCCCC2)c1=O. The fraction of sp³-hybridized carbons (Fsp3) is 0.684. The summed E-state index contributed by atoms with van der Waals surface area (Å²) in [6, 6.07) is -2.11. The van der Waals surface area contributed by atoms with Crippen LogP contribution in [0, 0.1) is 0 Å². The normalized spacial score (nSPS) is 20.0. The standard InChI is InChI=1S/C19H27N3O5S/c20-14(18(25)26)15(28)13-16(23)21(11-7-3-1-4-8-11)19(27)22(17(13)24)12-9-5-2-6-10-12/h11-12,14,23H,1-10,20H2,(H,25,26). The summed E-state index contributed by atoms with van der Waals surface area (Å²) < 4.78 is 2.44. The monoisotopic (exact) mass is 409 g/mol. The molecule has 0 aliphatic heterocycles. The molecule has 1 atom stereocenters. The van der Waals surface area contributed by atoms with Gasteiger partial charge < -0.3 is 15.9 Å². The highest BCUT2D eigenvalue weighted by molar-refractivity contribution is 7.81. The molecule has 0 aromatic carbocycles. The Labute approximate surface area is 168 Å². The van der Waals surface area contributed by atoms with Gasteiger partial charge in [-0.2, -0.15) is 0 Å². The van der Waals surface area contributed by atoms with Crippen molar-refractivity contribution in [3.63, 3.8) is 0 Å². The Morgan fingerprint density at radius 1 is 0.964 bits per heavy atom. The van der Waals surface area contributed by atoms with Crippen LogP contribution in [0.5, 0.6) is 5.88 Å². The number of aromatic nitrogens is 2. The van der Waals surface area contributed by atoms with Crippen LogP contribution < -0.4 is 17.0 Å². The number of hydrogen-bond donors (Lipinski definition) is 3. The van der Waals surface area contributed by atoms with Gasteiger partial charge in [0.2, 0.25) is 5.88 Å². The first kappa shape index (κ1) is 20.7. The molecule has 2 aliphatic carbocycles. The lowest BCUT2D eigenvalue weighted by Gasteiger charge is -2.29. The fourth-order valence-corrected chi connectivity index (χ4v) is 4.72. The smallest absolute Gasteiger partial charge is 0.334 e. The summed E-state index contributed by atoms with van der Waals surface area (Å²) in [4.78, 5) is 37.4. The topological polar surface area (TPSA) is 128 Å². The summed E-state index contributed by atoms with van der Waals surface area (Å²) in [7, 11) is 0. The van der Waals surface area contributed by atoms with E-state index in [0.29, 0.717) is 25.7 Å². The minimum Gasteiger partial charge on any atom is -0.494 e. The summed E-state index contributed by atoms with van der Waals surface area (Å²) in [6.07, 6.45) is 8.61. The third-order valence-corrected chi connectivity index (χ3v) is 6.43. The molecular weight excluding hydrogens is 382 g/mol. The Kier molecular flexibility index (Phi) is 6.34. The van der Waals surface area contributed by atoms with Crippen LogP contribution >= 0.6 is 12.2 Å². The molecule has 2 aliphatic rings. The Balaban J connectivity index is 2.23. The van der Waals surface area contributed by atoms with Crippen molar-refractivity contribution >= 4 is 23.1 Å². The molecule has 1 heterocycles. The van der Waals surface area contributed by atoms with E-state index in [1.165, 1.54) is 9.13 Å². The first-order chi connectivity index (χ1) is 13.3. The number of rotatable bonds is 5. The van der Waals surface area contributed by atoms with Crippen molar-refractivity contribution in [3.8, 4) is 5.88 Å². The number of nitrogens with two attached hydrogens (primary N) is 1. The lowest BCUT2D eigenvalue weighted by atomic mass is 9.94. The van der Waals surface area contributed by atoms with Gasteiger partial charge in [0.25, 0.3) is 5.56 Å². The van der Waals surface area contributed by atoms with Gasteiger partial charge in [-0.25, -0.2) is 4.79 Å². The minimum atomic E-state index is -1.61. The minimum absolute atomic E-state index is 0.237. The van der Waals surface area contributed by atoms with Crippen LogP contribution in [0.15, 0.2) is 9.59 Å². The van der Waals surface area contributed by atoms with Crippen molar-refractivity contribution < 1.29 is 15.0 Å². The zero-order valence-electron chi connectivity index (χ0n) is 15.8. The first-order valence-electron chi connectivity index (χ1n) is 9.97. The average Bonchev–Trinajstić information content (AvgIpc) is 2.68. The van der Waals surface area contributed by atoms with Crippen LogP contribution in [-0.2, 0) is 4.79 Å². The molecule has 0 radical (unpaired) electrons. The van der Waals surface area contributed by atoms with E-state index in [2.05, 4.69) is 0 Å². The van der Waals surface area contributed by atoms with E-state index < -0.39 is 29.1 Å². The van der Waals surface area contributed by atoms with Crippen LogP contribution in [0.3, 0.4) is 0 Å². The van der Waals surface area contributed by atoms with Gasteiger partial charge in [-0.05, 0) is 25.7 Å². The Morgan fingerprint density at radius 2 is 1.43 bits per heavy atom. The van der Waals surface area contributed by atoms with E-state index in [1.807, 2.05) is 0 Å². The molecule has 0 saturated heterocycles. The van der Waals surface area contributed by atoms with E-state index in [-0.39, 0.29) is 22.5 Å². The Hall–Kier alpha value is -2.00. The molecule has 0 bridgehead atoms. The van der Waals surface area contributed by atoms with Crippen molar-refractivity contribution in [2.24, 2.45) is 5.73 Å². The van der Waals surface area contributed by atoms with Crippen LogP contribution in [0.1, 0.15) is 81.9 Å². The molecule has 3 rings (SSSR count). The predicted molar refractivity (Wildman–Crippen MR) is 108 cm³/mol. The molecule has 28 heavy (non-hydrogen) atoms. The summed E-state index contributed by atoms with van der Waals surface area (Å²) in [6.45, 7) is 0. The summed E-state index contributed by atoms with van der Waals surface area (Å²) in [5.74, 6) is -1.93. The lowest BCUT2D eigenvalue weighted by molar-refractivity contribution is -0.136. The molecule has 1 aromatic heterocycles. The third kappa shape index (κ3) is 3.77. The first-order valence-corrected chi connectivity index (χ1v) is 10.4. The molecule has 1 aromatic rings. The number of thiocarbonyl (C=S) groups is 1. The molecule has 0 spiro atoms. The van der Waals surface area contributed by atoms with Crippen LogP contribution in [0.4, 0.5) is 0 Å². The zero-order valence-corrected chi connectivity index (χ0v) is 16.6. The van der Waals surface area contributed by atoms with Crippen LogP contribution in [0.25, 0.3) is 0 Å². The lowest BCUT2D eigenvalue weighted by Crippen LogP contribution is -2.48. The van der Waals surface area contributed by atoms with Crippen LogP contribution in [0.2, 0.25) is 0 Å². The summed E-state index contributed by atoms with van der Waals surface area (Å²) in [5.41, 5.74) is 4.05. The van der Waals surface area contributed by atoms with Crippen LogP contribution in [-0.4, -0.2) is 36.2 Å². The quantitative estimate of drug-likeness (QED) is 0.500. The van der Waals surface area contributed by atoms with Crippen molar-refractivity contribution in [1.82, 2.24) is 9.13 Å². The van der Waals surface area contributed by atoms with E-state index in [1.54, 1.807) is 0 Å². The van der Waals surface area contributed by atoms with E-state index in [9.17, 15) is 24.6 Å². The largest absolute Gasteiger partial charge is 0.494 e.